The number of thioether (sulfide) groups is 1. The first-order valence-corrected chi connectivity index (χ1v) is 12.5. The van der Waals surface area contributed by atoms with E-state index in [4.69, 9.17) is 32.7 Å². The van der Waals surface area contributed by atoms with Crippen molar-refractivity contribution < 1.29 is 14.3 Å². The van der Waals surface area contributed by atoms with E-state index in [1.807, 2.05) is 24.3 Å². The number of nitrogens with zero attached hydrogens (tertiary/aromatic N) is 2. The van der Waals surface area contributed by atoms with Gasteiger partial charge in [0.15, 0.2) is 5.17 Å². The molecular formula is C21H16Br2Cl2N2O3S. The van der Waals surface area contributed by atoms with Crippen LogP contribution in [0.25, 0.3) is 6.08 Å². The molecule has 5 nitrogen and oxygen atoms in total. The summed E-state index contributed by atoms with van der Waals surface area (Å²) in [4.78, 5) is 19.2. The van der Waals surface area contributed by atoms with Gasteiger partial charge in [0.2, 0.25) is 0 Å². The number of carbonyl (C=O) groups excluding carboxylic acids is 1. The number of morpholine rings is 1. The molecule has 0 atom stereocenters. The minimum Gasteiger partial charge on any atom is -0.486 e. The predicted octanol–water partition coefficient (Wildman–Crippen LogP) is 6.40. The van der Waals surface area contributed by atoms with Gasteiger partial charge in [0, 0.05) is 28.7 Å². The maximum atomic E-state index is 12.4. The molecular weight excluding hydrogens is 591 g/mol. The summed E-state index contributed by atoms with van der Waals surface area (Å²) in [7, 11) is 0. The van der Waals surface area contributed by atoms with Crippen molar-refractivity contribution in [1.82, 2.24) is 4.90 Å². The van der Waals surface area contributed by atoms with E-state index in [0.717, 1.165) is 38.3 Å². The Morgan fingerprint density at radius 2 is 1.87 bits per heavy atom. The Bertz CT molecular complexity index is 1070. The van der Waals surface area contributed by atoms with Crippen LogP contribution in [0.3, 0.4) is 0 Å². The SMILES string of the molecule is O=C1N=C(N2CCOCC2)SC1=Cc1cc(Br)c(OCc2ccc(Cl)cc2Cl)c(Br)c1. The van der Waals surface area contributed by atoms with Gasteiger partial charge in [0.1, 0.15) is 12.4 Å². The Morgan fingerprint density at radius 3 is 2.55 bits per heavy atom. The van der Waals surface area contributed by atoms with Gasteiger partial charge in [-0.2, -0.15) is 4.99 Å². The number of benzene rings is 2. The maximum Gasteiger partial charge on any atom is 0.286 e. The summed E-state index contributed by atoms with van der Waals surface area (Å²) in [6.45, 7) is 3.07. The van der Waals surface area contributed by atoms with Crippen LogP contribution in [0, 0.1) is 0 Å². The second kappa shape index (κ2) is 10.3. The summed E-state index contributed by atoms with van der Waals surface area (Å²) in [6.07, 6.45) is 1.83. The molecule has 2 heterocycles. The smallest absolute Gasteiger partial charge is 0.286 e. The van der Waals surface area contributed by atoms with Gasteiger partial charge in [-0.05, 0) is 79.5 Å². The van der Waals surface area contributed by atoms with E-state index in [1.54, 1.807) is 12.1 Å². The first-order chi connectivity index (χ1) is 14.9. The topological polar surface area (TPSA) is 51.1 Å². The fourth-order valence-corrected chi connectivity index (χ4v) is 5.91. The average Bonchev–Trinajstić information content (AvgIpc) is 3.10. The quantitative estimate of drug-likeness (QED) is 0.377. The van der Waals surface area contributed by atoms with Crippen LogP contribution in [-0.2, 0) is 16.1 Å². The van der Waals surface area contributed by atoms with Gasteiger partial charge in [0.05, 0.1) is 27.1 Å². The molecule has 0 saturated carbocycles. The number of halogens is 4. The van der Waals surface area contributed by atoms with Gasteiger partial charge in [-0.15, -0.1) is 0 Å². The molecule has 1 saturated heterocycles. The maximum absolute atomic E-state index is 12.4. The number of hydrogen-bond acceptors (Lipinski definition) is 5. The molecule has 1 amide bonds. The van der Waals surface area contributed by atoms with Crippen molar-refractivity contribution in [2.75, 3.05) is 26.3 Å². The second-order valence-corrected chi connectivity index (χ2v) is 10.3. The highest BCUT2D eigenvalue weighted by Crippen LogP contribution is 2.38. The van der Waals surface area contributed by atoms with E-state index in [9.17, 15) is 4.79 Å². The van der Waals surface area contributed by atoms with E-state index >= 15 is 0 Å². The zero-order chi connectivity index (χ0) is 22.0. The molecule has 4 rings (SSSR count). The number of carbonyl (C=O) groups is 1. The number of rotatable bonds is 4. The molecule has 2 aliphatic heterocycles. The van der Waals surface area contributed by atoms with Crippen LogP contribution in [-0.4, -0.2) is 42.3 Å². The largest absolute Gasteiger partial charge is 0.486 e. The van der Waals surface area contributed by atoms with Gasteiger partial charge < -0.3 is 14.4 Å². The first kappa shape index (κ1) is 23.1. The average molecular weight is 607 g/mol. The molecule has 31 heavy (non-hydrogen) atoms. The molecule has 0 aromatic heterocycles. The number of amides is 1. The van der Waals surface area contributed by atoms with Crippen LogP contribution in [0.15, 0.2) is 49.2 Å². The Balaban J connectivity index is 1.47. The molecule has 2 aromatic carbocycles. The molecule has 162 valence electrons. The molecule has 0 spiro atoms. The zero-order valence-electron chi connectivity index (χ0n) is 16.0. The van der Waals surface area contributed by atoms with E-state index < -0.39 is 0 Å². The number of aliphatic imine (C=N–C) groups is 1. The molecule has 0 bridgehead atoms. The molecule has 0 radical (unpaired) electrons. The van der Waals surface area contributed by atoms with Crippen LogP contribution < -0.4 is 4.74 Å². The Labute approximate surface area is 211 Å². The molecule has 10 heteroatoms. The molecule has 2 aliphatic rings. The van der Waals surface area contributed by atoms with Crippen LogP contribution in [0.5, 0.6) is 5.75 Å². The zero-order valence-corrected chi connectivity index (χ0v) is 21.5. The van der Waals surface area contributed by atoms with Crippen LogP contribution in [0.4, 0.5) is 0 Å². The number of ether oxygens (including phenoxy) is 2. The molecule has 1 fully saturated rings. The van der Waals surface area contributed by atoms with E-state index in [-0.39, 0.29) is 5.91 Å². The summed E-state index contributed by atoms with van der Waals surface area (Å²) in [6, 6.07) is 9.09. The summed E-state index contributed by atoms with van der Waals surface area (Å²) in [5.41, 5.74) is 1.68. The lowest BCUT2D eigenvalue weighted by molar-refractivity contribution is -0.113. The van der Waals surface area contributed by atoms with Crippen LogP contribution in [0.1, 0.15) is 11.1 Å². The third-order valence-electron chi connectivity index (χ3n) is 4.60. The second-order valence-electron chi connectivity index (χ2n) is 6.75. The Morgan fingerprint density at radius 1 is 1.16 bits per heavy atom. The fourth-order valence-electron chi connectivity index (χ4n) is 3.03. The summed E-state index contributed by atoms with van der Waals surface area (Å²) < 4.78 is 12.8. The predicted molar refractivity (Wildman–Crippen MR) is 133 cm³/mol. The lowest BCUT2D eigenvalue weighted by atomic mass is 10.2. The Hall–Kier alpha value is -1.03. The fraction of sp³-hybridized carbons (Fsp3) is 0.238. The highest BCUT2D eigenvalue weighted by Gasteiger charge is 2.27. The van der Waals surface area contributed by atoms with E-state index in [1.165, 1.54) is 11.8 Å². The minimum absolute atomic E-state index is 0.226. The summed E-state index contributed by atoms with van der Waals surface area (Å²) in [5.74, 6) is 0.417. The van der Waals surface area contributed by atoms with Crippen molar-refractivity contribution in [2.45, 2.75) is 6.61 Å². The van der Waals surface area contributed by atoms with Crippen LogP contribution in [0.2, 0.25) is 10.0 Å². The molecule has 0 unspecified atom stereocenters. The van der Waals surface area contributed by atoms with Crippen molar-refractivity contribution in [2.24, 2.45) is 4.99 Å². The van der Waals surface area contributed by atoms with Crippen LogP contribution >= 0.6 is 66.8 Å². The van der Waals surface area contributed by atoms with Gasteiger partial charge in [-0.25, -0.2) is 0 Å². The highest BCUT2D eigenvalue weighted by atomic mass is 79.9. The van der Waals surface area contributed by atoms with Gasteiger partial charge >= 0.3 is 0 Å². The number of hydrogen-bond donors (Lipinski definition) is 0. The van der Waals surface area contributed by atoms with Crippen molar-refractivity contribution in [3.05, 3.63) is 65.4 Å². The standard InChI is InChI=1S/C21H16Br2Cl2N2O3S/c22-15-7-12(9-18-20(28)26-21(31-18)27-3-5-29-6-4-27)8-16(23)19(15)30-11-13-1-2-14(24)10-17(13)25/h1-2,7-10H,3-6,11H2. The van der Waals surface area contributed by atoms with E-state index in [0.29, 0.717) is 40.5 Å². The third kappa shape index (κ3) is 5.67. The molecule has 0 N–H and O–H groups in total. The van der Waals surface area contributed by atoms with Crippen molar-refractivity contribution in [1.29, 1.82) is 0 Å². The Kier molecular flexibility index (Phi) is 7.67. The van der Waals surface area contributed by atoms with Crippen molar-refractivity contribution >= 4 is 84.0 Å². The third-order valence-corrected chi connectivity index (χ3v) is 7.41. The lowest BCUT2D eigenvalue weighted by Crippen LogP contribution is -2.38. The van der Waals surface area contributed by atoms with Gasteiger partial charge in [-0.3, -0.25) is 4.79 Å². The minimum atomic E-state index is -0.226. The normalized spacial score (nSPS) is 17.9. The number of amidine groups is 1. The van der Waals surface area contributed by atoms with Crippen molar-refractivity contribution in [3.63, 3.8) is 0 Å². The first-order valence-electron chi connectivity index (χ1n) is 9.32. The summed E-state index contributed by atoms with van der Waals surface area (Å²) >= 11 is 20.7. The molecule has 0 aliphatic carbocycles. The monoisotopic (exact) mass is 604 g/mol. The van der Waals surface area contributed by atoms with E-state index in [2.05, 4.69) is 41.8 Å². The highest BCUT2D eigenvalue weighted by molar-refractivity contribution is 9.11. The van der Waals surface area contributed by atoms with Gasteiger partial charge in [-0.1, -0.05) is 29.3 Å². The molecule has 2 aromatic rings. The van der Waals surface area contributed by atoms with Crippen molar-refractivity contribution in [3.8, 4) is 5.75 Å². The lowest BCUT2D eigenvalue weighted by Gasteiger charge is -2.27. The van der Waals surface area contributed by atoms with Gasteiger partial charge in [0.25, 0.3) is 5.91 Å². The summed E-state index contributed by atoms with van der Waals surface area (Å²) in [5, 5.41) is 1.86.